The Morgan fingerprint density at radius 1 is 1.24 bits per heavy atom. The summed E-state index contributed by atoms with van der Waals surface area (Å²) in [5.74, 6) is -1.13. The smallest absolute Gasteiger partial charge is 0.242 e. The molecule has 2 aliphatic rings. The molecular weight excluding hydrogens is 294 g/mol. The number of rotatable bonds is 1. The van der Waals surface area contributed by atoms with Crippen LogP contribution in [0.15, 0.2) is 28.2 Å². The van der Waals surface area contributed by atoms with E-state index in [-0.39, 0.29) is 10.8 Å². The number of benzene rings is 1. The summed E-state index contributed by atoms with van der Waals surface area (Å²) in [7, 11) is -2.08. The first-order chi connectivity index (χ1) is 9.88. The first kappa shape index (κ1) is 13.7. The molecule has 0 spiro atoms. The van der Waals surface area contributed by atoms with Gasteiger partial charge in [-0.15, -0.1) is 0 Å². The van der Waals surface area contributed by atoms with Crippen LogP contribution in [0.1, 0.15) is 18.4 Å². The summed E-state index contributed by atoms with van der Waals surface area (Å²) < 4.78 is 24.3. The van der Waals surface area contributed by atoms with Crippen LogP contribution in [-0.4, -0.2) is 38.7 Å². The summed E-state index contributed by atoms with van der Waals surface area (Å²) in [4.78, 5) is 24.2. The number of hydrogen-bond acceptors (Lipinski definition) is 5. The zero-order valence-corrected chi connectivity index (χ0v) is 12.1. The maximum absolute atomic E-state index is 12.2. The first-order valence-electron chi connectivity index (χ1n) is 6.37. The number of fused-ring (bicyclic) bond motifs is 1. The van der Waals surface area contributed by atoms with E-state index in [4.69, 9.17) is 0 Å². The molecule has 0 bridgehead atoms. The lowest BCUT2D eigenvalue weighted by Crippen LogP contribution is -2.38. The summed E-state index contributed by atoms with van der Waals surface area (Å²) in [6, 6.07) is 4.82. The number of nitrogens with one attached hydrogen (secondary N) is 1. The molecule has 0 saturated heterocycles. The highest BCUT2D eigenvalue weighted by Crippen LogP contribution is 2.31. The molecular formula is C13H13N3O4S. The molecule has 8 heteroatoms. The Hall–Kier alpha value is -2.22. The van der Waals surface area contributed by atoms with Crippen LogP contribution in [0.3, 0.4) is 0 Å². The van der Waals surface area contributed by atoms with Crippen molar-refractivity contribution in [2.24, 2.45) is 5.10 Å². The van der Waals surface area contributed by atoms with E-state index < -0.39 is 21.5 Å². The van der Waals surface area contributed by atoms with Gasteiger partial charge in [-0.05, 0) is 17.7 Å². The Morgan fingerprint density at radius 2 is 2.00 bits per heavy atom. The quantitative estimate of drug-likeness (QED) is 0.793. The number of amides is 2. The minimum Gasteiger partial charge on any atom is -0.313 e. The van der Waals surface area contributed by atoms with Crippen molar-refractivity contribution in [3.63, 3.8) is 0 Å². The molecule has 0 unspecified atom stereocenters. The molecule has 1 N–H and O–H groups in total. The number of hydrogen-bond donors (Lipinski definition) is 1. The fourth-order valence-electron chi connectivity index (χ4n) is 2.37. The van der Waals surface area contributed by atoms with Crippen LogP contribution in [-0.2, 0) is 19.4 Å². The lowest BCUT2D eigenvalue weighted by Gasteiger charge is -2.26. The molecule has 1 aromatic carbocycles. The van der Waals surface area contributed by atoms with Crippen LogP contribution in [0.2, 0.25) is 0 Å². The van der Waals surface area contributed by atoms with Crippen molar-refractivity contribution < 1.29 is 18.0 Å². The minimum absolute atomic E-state index is 0.127. The average molecular weight is 307 g/mol. The number of carbonyl (C=O) groups is 2. The molecule has 0 aliphatic carbocycles. The second kappa shape index (κ2) is 4.66. The van der Waals surface area contributed by atoms with E-state index in [1.54, 1.807) is 19.2 Å². The van der Waals surface area contributed by atoms with Crippen molar-refractivity contribution >= 4 is 33.1 Å². The molecule has 2 amide bonds. The van der Waals surface area contributed by atoms with E-state index in [9.17, 15) is 18.0 Å². The fraction of sp³-hybridized carbons (Fsp3) is 0.308. The second-order valence-corrected chi connectivity index (χ2v) is 6.95. The first-order valence-corrected chi connectivity index (χ1v) is 8.03. The van der Waals surface area contributed by atoms with Gasteiger partial charge in [0.2, 0.25) is 11.8 Å². The van der Waals surface area contributed by atoms with E-state index >= 15 is 0 Å². The molecule has 3 rings (SSSR count). The van der Waals surface area contributed by atoms with Crippen molar-refractivity contribution in [1.82, 2.24) is 5.43 Å². The molecule has 0 aromatic heterocycles. The van der Waals surface area contributed by atoms with Gasteiger partial charge >= 0.3 is 0 Å². The summed E-state index contributed by atoms with van der Waals surface area (Å²) in [6.07, 6.45) is 0.778. The standard InChI is InChI=1S/C13H13N3O4S/c1-16-10-4-2-8(9-3-5-12(17)15-14-9)6-11(10)21(19,20)7-13(16)18/h2,4,6H,3,5,7H2,1H3,(H,15,17). The highest BCUT2D eigenvalue weighted by atomic mass is 32.2. The SMILES string of the molecule is CN1C(=O)CS(=O)(=O)c2cc(C3=NNC(=O)CC3)ccc21. The van der Waals surface area contributed by atoms with E-state index in [2.05, 4.69) is 10.5 Å². The maximum atomic E-state index is 12.2. The van der Waals surface area contributed by atoms with Gasteiger partial charge in [0.15, 0.2) is 9.84 Å². The van der Waals surface area contributed by atoms with Crippen LogP contribution >= 0.6 is 0 Å². The van der Waals surface area contributed by atoms with Crippen molar-refractivity contribution in [3.8, 4) is 0 Å². The van der Waals surface area contributed by atoms with Gasteiger partial charge in [-0.3, -0.25) is 9.59 Å². The van der Waals surface area contributed by atoms with Crippen LogP contribution in [0.25, 0.3) is 0 Å². The molecule has 1 aromatic rings. The molecule has 2 heterocycles. The zero-order valence-electron chi connectivity index (χ0n) is 11.3. The number of anilines is 1. The average Bonchev–Trinajstić information content (AvgIpc) is 2.45. The van der Waals surface area contributed by atoms with E-state index in [1.807, 2.05) is 0 Å². The van der Waals surface area contributed by atoms with Gasteiger partial charge in [-0.2, -0.15) is 5.10 Å². The minimum atomic E-state index is -3.63. The molecule has 110 valence electrons. The lowest BCUT2D eigenvalue weighted by atomic mass is 10.0. The van der Waals surface area contributed by atoms with Crippen molar-refractivity contribution in [1.29, 1.82) is 0 Å². The second-order valence-electron chi connectivity index (χ2n) is 4.99. The topological polar surface area (TPSA) is 95.9 Å². The predicted molar refractivity (Wildman–Crippen MR) is 75.8 cm³/mol. The van der Waals surface area contributed by atoms with Gasteiger partial charge in [0.05, 0.1) is 16.3 Å². The predicted octanol–water partition coefficient (Wildman–Crippen LogP) is 0.0508. The van der Waals surface area contributed by atoms with Crippen molar-refractivity contribution in [2.75, 3.05) is 17.7 Å². The van der Waals surface area contributed by atoms with Gasteiger partial charge in [0, 0.05) is 19.9 Å². The molecule has 2 aliphatic heterocycles. The molecule has 0 atom stereocenters. The third-order valence-electron chi connectivity index (χ3n) is 3.58. The molecule has 0 radical (unpaired) electrons. The summed E-state index contributed by atoms with van der Waals surface area (Å²) in [5, 5.41) is 3.95. The maximum Gasteiger partial charge on any atom is 0.242 e. The third-order valence-corrected chi connectivity index (χ3v) is 5.21. The summed E-state index contributed by atoms with van der Waals surface area (Å²) >= 11 is 0. The molecule has 21 heavy (non-hydrogen) atoms. The van der Waals surface area contributed by atoms with Crippen LogP contribution in [0, 0.1) is 0 Å². The molecule has 0 saturated carbocycles. The van der Waals surface area contributed by atoms with Crippen molar-refractivity contribution in [2.45, 2.75) is 17.7 Å². The Balaban J connectivity index is 2.09. The normalized spacial score (nSPS) is 20.6. The summed E-state index contributed by atoms with van der Waals surface area (Å²) in [5.41, 5.74) is 4.02. The van der Waals surface area contributed by atoms with Gasteiger partial charge in [0.25, 0.3) is 0 Å². The van der Waals surface area contributed by atoms with E-state index in [0.717, 1.165) is 0 Å². The van der Waals surface area contributed by atoms with Gasteiger partial charge in [0.1, 0.15) is 5.75 Å². The summed E-state index contributed by atoms with van der Waals surface area (Å²) in [6.45, 7) is 0. The number of hydrazone groups is 1. The van der Waals surface area contributed by atoms with E-state index in [1.165, 1.54) is 11.0 Å². The highest BCUT2D eigenvalue weighted by molar-refractivity contribution is 7.92. The van der Waals surface area contributed by atoms with Gasteiger partial charge in [-0.1, -0.05) is 6.07 Å². The highest BCUT2D eigenvalue weighted by Gasteiger charge is 2.33. The Morgan fingerprint density at radius 3 is 2.67 bits per heavy atom. The van der Waals surface area contributed by atoms with Gasteiger partial charge < -0.3 is 4.90 Å². The number of sulfone groups is 1. The van der Waals surface area contributed by atoms with Crippen LogP contribution in [0.5, 0.6) is 0 Å². The number of carbonyl (C=O) groups excluding carboxylic acids is 2. The van der Waals surface area contributed by atoms with Crippen LogP contribution < -0.4 is 10.3 Å². The Kier molecular flexibility index (Phi) is 3.05. The lowest BCUT2D eigenvalue weighted by molar-refractivity contribution is -0.121. The van der Waals surface area contributed by atoms with Gasteiger partial charge in [-0.25, -0.2) is 13.8 Å². The Bertz CT molecular complexity index is 783. The monoisotopic (exact) mass is 307 g/mol. The van der Waals surface area contributed by atoms with Crippen molar-refractivity contribution in [3.05, 3.63) is 23.8 Å². The number of nitrogens with zero attached hydrogens (tertiary/aromatic N) is 2. The zero-order chi connectivity index (χ0) is 15.2. The largest absolute Gasteiger partial charge is 0.313 e. The molecule has 7 nitrogen and oxygen atoms in total. The third kappa shape index (κ3) is 2.31. The van der Waals surface area contributed by atoms with Crippen LogP contribution in [0.4, 0.5) is 5.69 Å². The fourth-order valence-corrected chi connectivity index (χ4v) is 3.88. The van der Waals surface area contributed by atoms with E-state index in [0.29, 0.717) is 29.8 Å². The molecule has 0 fully saturated rings. The Labute approximate surface area is 121 Å².